The van der Waals surface area contributed by atoms with Gasteiger partial charge in [0.2, 0.25) is 0 Å². The van der Waals surface area contributed by atoms with Gasteiger partial charge in [-0.1, -0.05) is 36.4 Å². The summed E-state index contributed by atoms with van der Waals surface area (Å²) in [6.45, 7) is 0.785. The number of hydrogen-bond donors (Lipinski definition) is 0. The van der Waals surface area contributed by atoms with Crippen LogP contribution in [0.2, 0.25) is 0 Å². The van der Waals surface area contributed by atoms with Gasteiger partial charge < -0.3 is 9.47 Å². The van der Waals surface area contributed by atoms with Crippen molar-refractivity contribution in [3.63, 3.8) is 0 Å². The molecule has 0 spiro atoms. The summed E-state index contributed by atoms with van der Waals surface area (Å²) in [5, 5.41) is 2.00. The van der Waals surface area contributed by atoms with E-state index in [9.17, 15) is 4.79 Å². The Balaban J connectivity index is 2.17. The summed E-state index contributed by atoms with van der Waals surface area (Å²) in [5.41, 5.74) is 1.68. The van der Waals surface area contributed by atoms with Gasteiger partial charge in [-0.15, -0.1) is 0 Å². The molecule has 0 aromatic heterocycles. The molecule has 3 rings (SSSR count). The highest BCUT2D eigenvalue weighted by Crippen LogP contribution is 2.26. The zero-order valence-electron chi connectivity index (χ0n) is 10.2. The molecule has 2 aromatic rings. The van der Waals surface area contributed by atoms with Crippen molar-refractivity contribution in [2.24, 2.45) is 0 Å². The van der Waals surface area contributed by atoms with Gasteiger partial charge in [0.1, 0.15) is 0 Å². The van der Waals surface area contributed by atoms with E-state index in [-0.39, 0.29) is 12.1 Å². The highest BCUT2D eigenvalue weighted by atomic mass is 16.6. The van der Waals surface area contributed by atoms with Crippen LogP contribution in [0.5, 0.6) is 0 Å². The summed E-state index contributed by atoms with van der Waals surface area (Å²) < 4.78 is 10.1. The van der Waals surface area contributed by atoms with Crippen molar-refractivity contribution in [3.05, 3.63) is 47.5 Å². The van der Waals surface area contributed by atoms with Crippen molar-refractivity contribution in [1.82, 2.24) is 0 Å². The van der Waals surface area contributed by atoms with E-state index >= 15 is 0 Å². The van der Waals surface area contributed by atoms with Crippen molar-refractivity contribution >= 4 is 16.7 Å². The molecule has 1 unspecified atom stereocenters. The highest BCUT2D eigenvalue weighted by molar-refractivity contribution is 6.05. The number of hydrogen-bond acceptors (Lipinski definition) is 3. The Morgan fingerprint density at radius 1 is 1.33 bits per heavy atom. The molecule has 0 amide bonds. The van der Waals surface area contributed by atoms with Gasteiger partial charge in [0.05, 0.1) is 25.4 Å². The maximum atomic E-state index is 12.0. The lowest BCUT2D eigenvalue weighted by atomic mass is 9.96. The number of methoxy groups -OCH3 is 1. The fourth-order valence-corrected chi connectivity index (χ4v) is 2.26. The van der Waals surface area contributed by atoms with Gasteiger partial charge in [-0.05, 0) is 16.3 Å². The Morgan fingerprint density at radius 3 is 2.83 bits per heavy atom. The lowest BCUT2D eigenvalue weighted by Gasteiger charge is -2.10. The van der Waals surface area contributed by atoms with E-state index in [1.165, 1.54) is 7.11 Å². The first kappa shape index (κ1) is 11.2. The van der Waals surface area contributed by atoms with E-state index in [1.807, 2.05) is 36.4 Å². The number of fused-ring (bicyclic) bond motifs is 1. The molecule has 18 heavy (non-hydrogen) atoms. The largest absolute Gasteiger partial charge is 0.465 e. The van der Waals surface area contributed by atoms with Crippen LogP contribution < -0.4 is 0 Å². The van der Waals surface area contributed by atoms with Crippen molar-refractivity contribution in [2.45, 2.75) is 12.5 Å². The van der Waals surface area contributed by atoms with Crippen LogP contribution in [0, 0.1) is 0 Å². The fourth-order valence-electron chi connectivity index (χ4n) is 2.26. The van der Waals surface area contributed by atoms with Crippen molar-refractivity contribution in [3.8, 4) is 0 Å². The number of ether oxygens (including phenoxy) is 2. The molecule has 0 saturated carbocycles. The summed E-state index contributed by atoms with van der Waals surface area (Å²) in [5.74, 6) is -0.276. The van der Waals surface area contributed by atoms with Crippen LogP contribution in [-0.2, 0) is 15.9 Å². The van der Waals surface area contributed by atoms with Gasteiger partial charge in [0.25, 0.3) is 0 Å². The Labute approximate surface area is 105 Å². The molecule has 0 aliphatic carbocycles. The number of rotatable bonds is 3. The van der Waals surface area contributed by atoms with E-state index in [4.69, 9.17) is 9.47 Å². The third-order valence-electron chi connectivity index (χ3n) is 3.25. The van der Waals surface area contributed by atoms with Gasteiger partial charge in [0.15, 0.2) is 0 Å². The molecular formula is C15H14O3. The van der Waals surface area contributed by atoms with Crippen LogP contribution in [-0.4, -0.2) is 25.8 Å². The van der Waals surface area contributed by atoms with Crippen molar-refractivity contribution in [2.75, 3.05) is 13.7 Å². The summed E-state index contributed by atoms with van der Waals surface area (Å²) in [6, 6.07) is 11.9. The molecule has 0 radical (unpaired) electrons. The fraction of sp³-hybridized carbons (Fsp3) is 0.267. The van der Waals surface area contributed by atoms with Crippen LogP contribution in [0.4, 0.5) is 0 Å². The summed E-state index contributed by atoms with van der Waals surface area (Å²) in [4.78, 5) is 12.0. The number of benzene rings is 2. The Morgan fingerprint density at radius 2 is 2.11 bits per heavy atom. The van der Waals surface area contributed by atoms with E-state index in [0.29, 0.717) is 5.56 Å². The first-order valence-corrected chi connectivity index (χ1v) is 6.00. The normalized spacial score (nSPS) is 17.7. The van der Waals surface area contributed by atoms with Crippen LogP contribution in [0.25, 0.3) is 10.8 Å². The van der Waals surface area contributed by atoms with Crippen molar-refractivity contribution in [1.29, 1.82) is 0 Å². The van der Waals surface area contributed by atoms with Gasteiger partial charge >= 0.3 is 5.97 Å². The van der Waals surface area contributed by atoms with Gasteiger partial charge in [0, 0.05) is 6.42 Å². The number of carbonyl (C=O) groups is 1. The van der Waals surface area contributed by atoms with E-state index < -0.39 is 0 Å². The number of epoxide rings is 1. The molecule has 3 heteroatoms. The number of esters is 1. The zero-order valence-corrected chi connectivity index (χ0v) is 10.2. The molecule has 1 atom stereocenters. The monoisotopic (exact) mass is 242 g/mol. The molecule has 1 aliphatic rings. The lowest BCUT2D eigenvalue weighted by molar-refractivity contribution is 0.0601. The zero-order chi connectivity index (χ0) is 12.5. The maximum absolute atomic E-state index is 12.0. The standard InChI is InChI=1S/C15H14O3/c1-17-15(16)14-11(8-12-9-18-12)7-6-10-4-2-3-5-13(10)14/h2-7,12H,8-9H2,1H3. The second-order valence-electron chi connectivity index (χ2n) is 4.47. The van der Waals surface area contributed by atoms with E-state index in [2.05, 4.69) is 0 Å². The molecule has 3 nitrogen and oxygen atoms in total. The summed E-state index contributed by atoms with van der Waals surface area (Å²) in [6.07, 6.45) is 1.03. The van der Waals surface area contributed by atoms with Gasteiger partial charge in [-0.25, -0.2) is 4.79 Å². The molecule has 1 fully saturated rings. The van der Waals surface area contributed by atoms with E-state index in [1.54, 1.807) is 0 Å². The molecule has 2 aromatic carbocycles. The maximum Gasteiger partial charge on any atom is 0.338 e. The Hall–Kier alpha value is -1.87. The average molecular weight is 242 g/mol. The first-order valence-electron chi connectivity index (χ1n) is 6.00. The third kappa shape index (κ3) is 1.97. The Bertz CT molecular complexity index is 600. The molecule has 1 heterocycles. The molecule has 1 saturated heterocycles. The first-order chi connectivity index (χ1) is 8.79. The molecule has 1 aliphatic heterocycles. The second-order valence-corrected chi connectivity index (χ2v) is 4.47. The minimum absolute atomic E-state index is 0.259. The third-order valence-corrected chi connectivity index (χ3v) is 3.25. The van der Waals surface area contributed by atoms with Crippen LogP contribution in [0.3, 0.4) is 0 Å². The predicted octanol–water partition coefficient (Wildman–Crippen LogP) is 2.57. The van der Waals surface area contributed by atoms with Gasteiger partial charge in [-0.3, -0.25) is 0 Å². The topological polar surface area (TPSA) is 38.8 Å². The quantitative estimate of drug-likeness (QED) is 0.613. The Kier molecular flexibility index (Phi) is 2.76. The van der Waals surface area contributed by atoms with Crippen molar-refractivity contribution < 1.29 is 14.3 Å². The predicted molar refractivity (Wildman–Crippen MR) is 68.7 cm³/mol. The minimum Gasteiger partial charge on any atom is -0.465 e. The molecule has 92 valence electrons. The summed E-state index contributed by atoms with van der Waals surface area (Å²) in [7, 11) is 1.42. The highest BCUT2D eigenvalue weighted by Gasteiger charge is 2.26. The van der Waals surface area contributed by atoms with Crippen LogP contribution in [0.1, 0.15) is 15.9 Å². The smallest absolute Gasteiger partial charge is 0.338 e. The molecule has 0 bridgehead atoms. The average Bonchev–Trinajstić information content (AvgIpc) is 3.21. The van der Waals surface area contributed by atoms with Crippen LogP contribution in [0.15, 0.2) is 36.4 Å². The van der Waals surface area contributed by atoms with Gasteiger partial charge in [-0.2, -0.15) is 0 Å². The number of carbonyl (C=O) groups excluding carboxylic acids is 1. The minimum atomic E-state index is -0.276. The SMILES string of the molecule is COC(=O)c1c(CC2CO2)ccc2ccccc12. The lowest BCUT2D eigenvalue weighted by Crippen LogP contribution is -2.08. The van der Waals surface area contributed by atoms with E-state index in [0.717, 1.165) is 29.4 Å². The molecule has 0 N–H and O–H groups in total. The second kappa shape index (κ2) is 4.42. The molecular weight excluding hydrogens is 228 g/mol. The van der Waals surface area contributed by atoms with Crippen LogP contribution >= 0.6 is 0 Å². The summed E-state index contributed by atoms with van der Waals surface area (Å²) >= 11 is 0.